The summed E-state index contributed by atoms with van der Waals surface area (Å²) in [5.74, 6) is 0.919. The lowest BCUT2D eigenvalue weighted by atomic mass is 9.83. The van der Waals surface area contributed by atoms with E-state index < -0.39 is 0 Å². The highest BCUT2D eigenvalue weighted by atomic mass is 127. The molecule has 18 heavy (non-hydrogen) atoms. The molecule has 0 aliphatic heterocycles. The lowest BCUT2D eigenvalue weighted by molar-refractivity contribution is -0.0257. The van der Waals surface area contributed by atoms with Gasteiger partial charge >= 0.3 is 0 Å². The van der Waals surface area contributed by atoms with E-state index in [1.54, 1.807) is 0 Å². The first-order chi connectivity index (χ1) is 8.65. The highest BCUT2D eigenvalue weighted by Gasteiger charge is 2.29. The minimum absolute atomic E-state index is 0.176. The smallest absolute Gasteiger partial charge is 0.100 e. The Morgan fingerprint density at radius 1 is 1.39 bits per heavy atom. The summed E-state index contributed by atoms with van der Waals surface area (Å²) < 4.78 is 8.33. The zero-order valence-corrected chi connectivity index (χ0v) is 14.5. The van der Waals surface area contributed by atoms with Gasteiger partial charge < -0.3 is 4.74 Å². The minimum atomic E-state index is -0.176. The first-order valence-corrected chi connectivity index (χ1v) is 8.92. The van der Waals surface area contributed by atoms with Crippen LogP contribution in [0.4, 0.5) is 0 Å². The van der Waals surface area contributed by atoms with E-state index in [0.29, 0.717) is 0 Å². The van der Waals surface area contributed by atoms with Gasteiger partial charge in [-0.15, -0.1) is 0 Å². The third-order valence-electron chi connectivity index (χ3n) is 3.87. The fourth-order valence-electron chi connectivity index (χ4n) is 2.31. The Labute approximate surface area is 132 Å². The summed E-state index contributed by atoms with van der Waals surface area (Å²) in [5.41, 5.74) is 1.08. The van der Waals surface area contributed by atoms with Crippen molar-refractivity contribution >= 4 is 38.5 Å². The fraction of sp³-hybridized carbons (Fsp3) is 0.600. The molecule has 0 radical (unpaired) electrons. The van der Waals surface area contributed by atoms with Crippen LogP contribution in [0.15, 0.2) is 28.7 Å². The average Bonchev–Trinajstić information content (AvgIpc) is 2.32. The molecule has 0 amide bonds. The van der Waals surface area contributed by atoms with Gasteiger partial charge in [0.05, 0.1) is 0 Å². The van der Waals surface area contributed by atoms with E-state index in [4.69, 9.17) is 4.74 Å². The normalized spacial score (nSPS) is 19.3. The van der Waals surface area contributed by atoms with E-state index in [1.165, 1.54) is 31.2 Å². The van der Waals surface area contributed by atoms with Crippen molar-refractivity contribution in [2.45, 2.75) is 38.2 Å². The van der Waals surface area contributed by atoms with Crippen molar-refractivity contribution < 1.29 is 4.74 Å². The molecule has 0 spiro atoms. The average molecular weight is 423 g/mol. The van der Waals surface area contributed by atoms with Crippen LogP contribution in [0.1, 0.15) is 38.2 Å². The molecule has 1 aliphatic rings. The Bertz CT molecular complexity index is 392. The van der Waals surface area contributed by atoms with Gasteiger partial charge in [0.25, 0.3) is 0 Å². The zero-order chi connectivity index (χ0) is 13.0. The molecule has 0 N–H and O–H groups in total. The standard InChI is InChI=1S/C15H20BrIO/c1-15(11-17,13-7-2-3-8-14(13)16)18-10-9-12-5-4-6-12/h2-3,7-8,12H,4-6,9-11H2,1H3. The zero-order valence-electron chi connectivity index (χ0n) is 10.8. The summed E-state index contributed by atoms with van der Waals surface area (Å²) in [6, 6.07) is 8.39. The maximum atomic E-state index is 6.21. The summed E-state index contributed by atoms with van der Waals surface area (Å²) in [7, 11) is 0. The van der Waals surface area contributed by atoms with Gasteiger partial charge in [-0.05, 0) is 30.9 Å². The molecule has 0 bridgehead atoms. The molecule has 0 heterocycles. The van der Waals surface area contributed by atoms with E-state index in [0.717, 1.165) is 21.4 Å². The van der Waals surface area contributed by atoms with Crippen LogP contribution in [0.3, 0.4) is 0 Å². The highest BCUT2D eigenvalue weighted by Crippen LogP contribution is 2.35. The topological polar surface area (TPSA) is 9.23 Å². The fourth-order valence-corrected chi connectivity index (χ4v) is 3.65. The molecule has 0 saturated heterocycles. The van der Waals surface area contributed by atoms with Gasteiger partial charge in [0, 0.05) is 15.5 Å². The van der Waals surface area contributed by atoms with Crippen LogP contribution in [0.25, 0.3) is 0 Å². The molecule has 1 saturated carbocycles. The third kappa shape index (κ3) is 3.48. The molecule has 1 atom stereocenters. The Hall–Kier alpha value is 0.390. The second kappa shape index (κ2) is 6.71. The SMILES string of the molecule is CC(CI)(OCCC1CCC1)c1ccccc1Br. The number of halogens is 2. The van der Waals surface area contributed by atoms with Crippen LogP contribution in [0.5, 0.6) is 0 Å². The lowest BCUT2D eigenvalue weighted by Gasteiger charge is -2.32. The monoisotopic (exact) mass is 422 g/mol. The number of hydrogen-bond acceptors (Lipinski definition) is 1. The quantitative estimate of drug-likeness (QED) is 0.446. The third-order valence-corrected chi connectivity index (χ3v) is 6.02. The summed E-state index contributed by atoms with van der Waals surface area (Å²) in [5, 5.41) is 0. The molecule has 1 unspecified atom stereocenters. The molecule has 100 valence electrons. The maximum Gasteiger partial charge on any atom is 0.100 e. The molecular weight excluding hydrogens is 403 g/mol. The predicted octanol–water partition coefficient (Wildman–Crippen LogP) is 5.31. The van der Waals surface area contributed by atoms with E-state index in [-0.39, 0.29) is 5.60 Å². The molecule has 1 aromatic carbocycles. The maximum absolute atomic E-state index is 6.21. The molecule has 1 fully saturated rings. The summed E-state index contributed by atoms with van der Waals surface area (Å²) >= 11 is 6.06. The molecule has 1 aromatic rings. The van der Waals surface area contributed by atoms with Crippen LogP contribution in [0, 0.1) is 5.92 Å². The van der Waals surface area contributed by atoms with Gasteiger partial charge in [0.2, 0.25) is 0 Å². The predicted molar refractivity (Wildman–Crippen MR) is 88.3 cm³/mol. The van der Waals surface area contributed by atoms with E-state index >= 15 is 0 Å². The molecule has 3 heteroatoms. The van der Waals surface area contributed by atoms with Crippen molar-refractivity contribution in [1.29, 1.82) is 0 Å². The van der Waals surface area contributed by atoms with Crippen molar-refractivity contribution in [3.8, 4) is 0 Å². The van der Waals surface area contributed by atoms with Gasteiger partial charge in [-0.25, -0.2) is 0 Å². The highest BCUT2D eigenvalue weighted by molar-refractivity contribution is 14.1. The van der Waals surface area contributed by atoms with Gasteiger partial charge in [-0.1, -0.05) is 76.0 Å². The summed E-state index contributed by atoms with van der Waals surface area (Å²) in [6.45, 7) is 3.08. The van der Waals surface area contributed by atoms with E-state index in [9.17, 15) is 0 Å². The Kier molecular flexibility index (Phi) is 5.51. The Morgan fingerprint density at radius 3 is 2.67 bits per heavy atom. The largest absolute Gasteiger partial charge is 0.370 e. The van der Waals surface area contributed by atoms with Crippen molar-refractivity contribution in [3.05, 3.63) is 34.3 Å². The number of hydrogen-bond donors (Lipinski definition) is 0. The number of alkyl halides is 1. The summed E-state index contributed by atoms with van der Waals surface area (Å²) in [4.78, 5) is 0. The van der Waals surface area contributed by atoms with Crippen molar-refractivity contribution in [1.82, 2.24) is 0 Å². The molecule has 1 aliphatic carbocycles. The van der Waals surface area contributed by atoms with Crippen LogP contribution in [-0.2, 0) is 10.3 Å². The number of benzene rings is 1. The number of ether oxygens (including phenoxy) is 1. The van der Waals surface area contributed by atoms with E-state index in [2.05, 4.69) is 69.7 Å². The van der Waals surface area contributed by atoms with Gasteiger partial charge in [0.15, 0.2) is 0 Å². The molecule has 1 nitrogen and oxygen atoms in total. The second-order valence-corrected chi connectivity index (χ2v) is 6.90. The minimum Gasteiger partial charge on any atom is -0.370 e. The Morgan fingerprint density at radius 2 is 2.11 bits per heavy atom. The Balaban J connectivity index is 1.98. The first-order valence-electron chi connectivity index (χ1n) is 6.60. The number of rotatable bonds is 6. The first kappa shape index (κ1) is 14.8. The van der Waals surface area contributed by atoms with Gasteiger partial charge in [-0.2, -0.15) is 0 Å². The van der Waals surface area contributed by atoms with Gasteiger partial charge in [-0.3, -0.25) is 0 Å². The lowest BCUT2D eigenvalue weighted by Crippen LogP contribution is -2.29. The van der Waals surface area contributed by atoms with Crippen LogP contribution >= 0.6 is 38.5 Å². The summed E-state index contributed by atoms with van der Waals surface area (Å²) in [6.07, 6.45) is 5.44. The van der Waals surface area contributed by atoms with Crippen LogP contribution in [-0.4, -0.2) is 11.0 Å². The molecule has 2 rings (SSSR count). The van der Waals surface area contributed by atoms with Crippen LogP contribution in [0.2, 0.25) is 0 Å². The van der Waals surface area contributed by atoms with Crippen molar-refractivity contribution in [3.63, 3.8) is 0 Å². The van der Waals surface area contributed by atoms with Crippen molar-refractivity contribution in [2.75, 3.05) is 11.0 Å². The molecular formula is C15H20BrIO. The molecule has 0 aromatic heterocycles. The van der Waals surface area contributed by atoms with Crippen molar-refractivity contribution in [2.24, 2.45) is 5.92 Å². The van der Waals surface area contributed by atoms with Gasteiger partial charge in [0.1, 0.15) is 5.60 Å². The second-order valence-electron chi connectivity index (χ2n) is 5.28. The van der Waals surface area contributed by atoms with Crippen LogP contribution < -0.4 is 0 Å². The van der Waals surface area contributed by atoms with E-state index in [1.807, 2.05) is 0 Å².